The number of rotatable bonds is 5. The molecule has 0 amide bonds. The third kappa shape index (κ3) is 3.50. The van der Waals surface area contributed by atoms with Gasteiger partial charge in [-0.1, -0.05) is 42.3 Å². The lowest BCUT2D eigenvalue weighted by molar-refractivity contribution is 0.538. The van der Waals surface area contributed by atoms with Gasteiger partial charge in [-0.15, -0.1) is 0 Å². The molecule has 0 aliphatic carbocycles. The van der Waals surface area contributed by atoms with Crippen molar-refractivity contribution in [2.45, 2.75) is 32.4 Å². The minimum Gasteiger partial charge on any atom is -0.322 e. The van der Waals surface area contributed by atoms with Crippen molar-refractivity contribution in [3.8, 4) is 0 Å². The average molecular weight is 298 g/mol. The molecule has 0 radical (unpaired) electrons. The van der Waals surface area contributed by atoms with Gasteiger partial charge in [0.05, 0.1) is 23.0 Å². The molecule has 0 saturated heterocycles. The van der Waals surface area contributed by atoms with Crippen molar-refractivity contribution in [2.24, 2.45) is 5.73 Å². The van der Waals surface area contributed by atoms with Gasteiger partial charge in [0, 0.05) is 11.6 Å². The van der Waals surface area contributed by atoms with Crippen LogP contribution in [0.4, 0.5) is 0 Å². The quantitative estimate of drug-likeness (QED) is 0.911. The Bertz CT molecular complexity index is 551. The summed E-state index contributed by atoms with van der Waals surface area (Å²) in [5.74, 6) is 0. The van der Waals surface area contributed by atoms with Crippen LogP contribution in [0, 0.1) is 0 Å². The molecule has 1 unspecified atom stereocenters. The standard InChI is InChI=1S/C14H17Cl2N3/c1-2-6-19-14(12(16)9-18-19)13(17)8-10-4-3-5-11(15)7-10/h3-5,7,9,13H,2,6,8,17H2,1H3. The molecule has 1 aromatic heterocycles. The van der Waals surface area contributed by atoms with Crippen LogP contribution in [0.15, 0.2) is 30.5 Å². The van der Waals surface area contributed by atoms with E-state index in [0.717, 1.165) is 29.2 Å². The second kappa shape index (κ2) is 6.42. The molecule has 0 spiro atoms. The van der Waals surface area contributed by atoms with E-state index in [1.807, 2.05) is 28.9 Å². The summed E-state index contributed by atoms with van der Waals surface area (Å²) in [5, 5.41) is 5.61. The molecule has 3 nitrogen and oxygen atoms in total. The first kappa shape index (κ1) is 14.4. The monoisotopic (exact) mass is 297 g/mol. The highest BCUT2D eigenvalue weighted by atomic mass is 35.5. The van der Waals surface area contributed by atoms with E-state index in [0.29, 0.717) is 11.4 Å². The topological polar surface area (TPSA) is 43.8 Å². The Morgan fingerprint density at radius 2 is 2.16 bits per heavy atom. The summed E-state index contributed by atoms with van der Waals surface area (Å²) in [4.78, 5) is 0. The Labute approximate surface area is 123 Å². The number of aryl methyl sites for hydroxylation is 1. The number of hydrogen-bond donors (Lipinski definition) is 1. The predicted octanol–water partition coefficient (Wildman–Crippen LogP) is 3.84. The molecular formula is C14H17Cl2N3. The number of nitrogens with zero attached hydrogens (tertiary/aromatic N) is 2. The molecule has 1 atom stereocenters. The van der Waals surface area contributed by atoms with E-state index < -0.39 is 0 Å². The third-order valence-electron chi connectivity index (χ3n) is 2.96. The van der Waals surface area contributed by atoms with E-state index in [1.165, 1.54) is 0 Å². The highest BCUT2D eigenvalue weighted by Crippen LogP contribution is 2.25. The molecule has 19 heavy (non-hydrogen) atoms. The van der Waals surface area contributed by atoms with Gasteiger partial charge in [0.2, 0.25) is 0 Å². The molecule has 1 heterocycles. The fourth-order valence-electron chi connectivity index (χ4n) is 2.15. The normalized spacial score (nSPS) is 12.6. The predicted molar refractivity (Wildman–Crippen MR) is 79.6 cm³/mol. The van der Waals surface area contributed by atoms with Crippen molar-refractivity contribution >= 4 is 23.2 Å². The Kier molecular flexibility index (Phi) is 4.86. The molecule has 2 aromatic rings. The van der Waals surface area contributed by atoms with Gasteiger partial charge in [-0.25, -0.2) is 0 Å². The van der Waals surface area contributed by atoms with Crippen LogP contribution in [0.5, 0.6) is 0 Å². The van der Waals surface area contributed by atoms with Gasteiger partial charge >= 0.3 is 0 Å². The van der Waals surface area contributed by atoms with Crippen LogP contribution in [0.25, 0.3) is 0 Å². The van der Waals surface area contributed by atoms with Crippen molar-refractivity contribution in [2.75, 3.05) is 0 Å². The summed E-state index contributed by atoms with van der Waals surface area (Å²) in [5.41, 5.74) is 8.25. The molecule has 0 aliphatic rings. The Morgan fingerprint density at radius 1 is 1.37 bits per heavy atom. The van der Waals surface area contributed by atoms with Crippen molar-refractivity contribution in [1.82, 2.24) is 9.78 Å². The molecule has 102 valence electrons. The number of nitrogens with two attached hydrogens (primary N) is 1. The van der Waals surface area contributed by atoms with Crippen LogP contribution in [0.3, 0.4) is 0 Å². The smallest absolute Gasteiger partial charge is 0.0834 e. The lowest BCUT2D eigenvalue weighted by atomic mass is 10.0. The molecule has 0 bridgehead atoms. The first-order valence-corrected chi connectivity index (χ1v) is 7.08. The Morgan fingerprint density at radius 3 is 2.84 bits per heavy atom. The SMILES string of the molecule is CCCn1ncc(Cl)c1C(N)Cc1cccc(Cl)c1. The second-order valence-corrected chi connectivity index (χ2v) is 5.39. The van der Waals surface area contributed by atoms with Gasteiger partial charge in [0.15, 0.2) is 0 Å². The molecule has 0 aliphatic heterocycles. The summed E-state index contributed by atoms with van der Waals surface area (Å²) >= 11 is 12.2. The van der Waals surface area contributed by atoms with Gasteiger partial charge in [0.1, 0.15) is 0 Å². The fraction of sp³-hybridized carbons (Fsp3) is 0.357. The lowest BCUT2D eigenvalue weighted by Crippen LogP contribution is -2.19. The Balaban J connectivity index is 2.20. The zero-order valence-electron chi connectivity index (χ0n) is 10.8. The maximum Gasteiger partial charge on any atom is 0.0834 e. The third-order valence-corrected chi connectivity index (χ3v) is 3.49. The molecular weight excluding hydrogens is 281 g/mol. The molecule has 1 aromatic carbocycles. The minimum absolute atomic E-state index is 0.181. The fourth-order valence-corrected chi connectivity index (χ4v) is 2.64. The molecule has 2 N–H and O–H groups in total. The van der Waals surface area contributed by atoms with Crippen LogP contribution in [0.1, 0.15) is 30.6 Å². The highest BCUT2D eigenvalue weighted by molar-refractivity contribution is 6.31. The van der Waals surface area contributed by atoms with E-state index in [-0.39, 0.29) is 6.04 Å². The minimum atomic E-state index is -0.181. The van der Waals surface area contributed by atoms with Gasteiger partial charge < -0.3 is 5.73 Å². The molecule has 5 heteroatoms. The maximum atomic E-state index is 6.27. The van der Waals surface area contributed by atoms with Gasteiger partial charge in [-0.3, -0.25) is 4.68 Å². The first-order valence-electron chi connectivity index (χ1n) is 6.33. The summed E-state index contributed by atoms with van der Waals surface area (Å²) in [6.45, 7) is 2.92. The second-order valence-electron chi connectivity index (χ2n) is 4.54. The highest BCUT2D eigenvalue weighted by Gasteiger charge is 2.17. The maximum absolute atomic E-state index is 6.27. The van der Waals surface area contributed by atoms with Crippen LogP contribution in [-0.4, -0.2) is 9.78 Å². The van der Waals surface area contributed by atoms with Crippen molar-refractivity contribution in [1.29, 1.82) is 0 Å². The van der Waals surface area contributed by atoms with Gasteiger partial charge in [0.25, 0.3) is 0 Å². The average Bonchev–Trinajstić information content (AvgIpc) is 2.71. The number of hydrogen-bond acceptors (Lipinski definition) is 2. The number of halogens is 2. The van der Waals surface area contributed by atoms with E-state index in [4.69, 9.17) is 28.9 Å². The number of benzene rings is 1. The van der Waals surface area contributed by atoms with Crippen molar-refractivity contribution < 1.29 is 0 Å². The molecule has 0 fully saturated rings. The van der Waals surface area contributed by atoms with Crippen LogP contribution >= 0.6 is 23.2 Å². The number of aromatic nitrogens is 2. The summed E-state index contributed by atoms with van der Waals surface area (Å²) in [6, 6.07) is 7.54. The first-order chi connectivity index (χ1) is 9.11. The van der Waals surface area contributed by atoms with E-state index in [2.05, 4.69) is 12.0 Å². The molecule has 0 saturated carbocycles. The van der Waals surface area contributed by atoms with E-state index >= 15 is 0 Å². The van der Waals surface area contributed by atoms with E-state index in [9.17, 15) is 0 Å². The largest absolute Gasteiger partial charge is 0.322 e. The van der Waals surface area contributed by atoms with E-state index in [1.54, 1.807) is 6.20 Å². The zero-order valence-corrected chi connectivity index (χ0v) is 12.3. The summed E-state index contributed by atoms with van der Waals surface area (Å²) in [6.07, 6.45) is 3.34. The zero-order chi connectivity index (χ0) is 13.8. The lowest BCUT2D eigenvalue weighted by Gasteiger charge is -2.15. The van der Waals surface area contributed by atoms with Crippen LogP contribution < -0.4 is 5.73 Å². The van der Waals surface area contributed by atoms with Crippen LogP contribution in [-0.2, 0) is 13.0 Å². The Hall–Kier alpha value is -1.03. The van der Waals surface area contributed by atoms with Gasteiger partial charge in [-0.2, -0.15) is 5.10 Å². The molecule has 2 rings (SSSR count). The van der Waals surface area contributed by atoms with Gasteiger partial charge in [-0.05, 0) is 30.5 Å². The van der Waals surface area contributed by atoms with Crippen molar-refractivity contribution in [3.05, 3.63) is 51.8 Å². The van der Waals surface area contributed by atoms with Crippen LogP contribution in [0.2, 0.25) is 10.0 Å². The summed E-state index contributed by atoms with van der Waals surface area (Å²) in [7, 11) is 0. The van der Waals surface area contributed by atoms with Crippen molar-refractivity contribution in [3.63, 3.8) is 0 Å². The summed E-state index contributed by atoms with van der Waals surface area (Å²) < 4.78 is 1.89.